The number of halogens is 1. The van der Waals surface area contributed by atoms with Crippen LogP contribution in [-0.2, 0) is 11.3 Å². The molecule has 0 saturated heterocycles. The number of rotatable bonds is 7. The molecule has 0 bridgehead atoms. The van der Waals surface area contributed by atoms with Crippen LogP contribution in [0.25, 0.3) is 6.08 Å². The fourth-order valence-corrected chi connectivity index (χ4v) is 2.99. The van der Waals surface area contributed by atoms with Gasteiger partial charge in [-0.1, -0.05) is 23.7 Å². The van der Waals surface area contributed by atoms with Gasteiger partial charge in [0, 0.05) is 18.7 Å². The first-order valence-corrected chi connectivity index (χ1v) is 9.16. The van der Waals surface area contributed by atoms with Crippen LogP contribution in [0.1, 0.15) is 30.5 Å². The first-order chi connectivity index (χ1) is 13.4. The third-order valence-electron chi connectivity index (χ3n) is 4.22. The Labute approximate surface area is 170 Å². The molecule has 146 valence electrons. The Morgan fingerprint density at radius 2 is 1.89 bits per heavy atom. The zero-order chi connectivity index (χ0) is 20.7. The minimum atomic E-state index is -0.120. The van der Waals surface area contributed by atoms with E-state index in [1.165, 1.54) is 20.3 Å². The largest absolute Gasteiger partial charge is 0.493 e. The van der Waals surface area contributed by atoms with Crippen molar-refractivity contribution in [2.24, 2.45) is 0 Å². The van der Waals surface area contributed by atoms with E-state index in [1.54, 1.807) is 35.2 Å². The second-order valence-electron chi connectivity index (χ2n) is 6.44. The minimum absolute atomic E-state index is 0.0155. The van der Waals surface area contributed by atoms with Crippen LogP contribution in [0.5, 0.6) is 11.5 Å². The number of methoxy groups -OCH3 is 2. The van der Waals surface area contributed by atoms with Gasteiger partial charge in [0.1, 0.15) is 0 Å². The Morgan fingerprint density at radius 1 is 1.21 bits per heavy atom. The average molecular weight is 399 g/mol. The summed E-state index contributed by atoms with van der Waals surface area (Å²) in [5.74, 6) is 0.836. The molecule has 0 aliphatic rings. The normalized spacial score (nSPS) is 10.8. The van der Waals surface area contributed by atoms with E-state index < -0.39 is 0 Å². The van der Waals surface area contributed by atoms with Crippen LogP contribution in [0, 0.1) is 11.3 Å². The molecule has 2 aromatic rings. The number of hydrogen-bond donors (Lipinski definition) is 0. The molecule has 0 spiro atoms. The van der Waals surface area contributed by atoms with E-state index in [2.05, 4.69) is 6.07 Å². The number of hydrogen-bond acceptors (Lipinski definition) is 4. The number of carbonyl (C=O) groups excluding carboxylic acids is 1. The highest BCUT2D eigenvalue weighted by atomic mass is 35.5. The highest BCUT2D eigenvalue weighted by molar-refractivity contribution is 6.32. The molecule has 5 nitrogen and oxygen atoms in total. The van der Waals surface area contributed by atoms with Crippen LogP contribution < -0.4 is 9.47 Å². The molecule has 6 heteroatoms. The maximum Gasteiger partial charge on any atom is 0.247 e. The number of ether oxygens (including phenoxy) is 2. The van der Waals surface area contributed by atoms with Crippen molar-refractivity contribution in [3.05, 3.63) is 64.2 Å². The van der Waals surface area contributed by atoms with E-state index >= 15 is 0 Å². The quantitative estimate of drug-likeness (QED) is 0.635. The SMILES string of the molecule is COc1cc(/C=C/C(=O)N(Cc2ccc(C#N)cc2)C(C)C)cc(Cl)c1OC. The number of nitriles is 1. The summed E-state index contributed by atoms with van der Waals surface area (Å²) in [6.07, 6.45) is 3.21. The molecule has 0 radical (unpaired) electrons. The molecule has 0 aromatic heterocycles. The molecule has 0 heterocycles. The fraction of sp³-hybridized carbons (Fsp3) is 0.273. The third kappa shape index (κ3) is 5.28. The molecule has 2 rings (SSSR count). The molecular formula is C22H23ClN2O3. The number of amides is 1. The van der Waals surface area contributed by atoms with Crippen molar-refractivity contribution in [2.45, 2.75) is 26.4 Å². The van der Waals surface area contributed by atoms with Crippen molar-refractivity contribution >= 4 is 23.6 Å². The first-order valence-electron chi connectivity index (χ1n) is 8.78. The van der Waals surface area contributed by atoms with E-state index in [0.717, 1.165) is 11.1 Å². The maximum absolute atomic E-state index is 12.7. The maximum atomic E-state index is 12.7. The minimum Gasteiger partial charge on any atom is -0.493 e. The second-order valence-corrected chi connectivity index (χ2v) is 6.85. The lowest BCUT2D eigenvalue weighted by molar-refractivity contribution is -0.128. The average Bonchev–Trinajstić information content (AvgIpc) is 2.69. The molecule has 0 atom stereocenters. The fourth-order valence-electron chi connectivity index (χ4n) is 2.69. The predicted octanol–water partition coefficient (Wildman–Crippen LogP) is 4.68. The summed E-state index contributed by atoms with van der Waals surface area (Å²) in [4.78, 5) is 14.5. The molecule has 28 heavy (non-hydrogen) atoms. The monoisotopic (exact) mass is 398 g/mol. The zero-order valence-corrected chi connectivity index (χ0v) is 17.2. The Morgan fingerprint density at radius 3 is 2.43 bits per heavy atom. The Balaban J connectivity index is 2.19. The van der Waals surface area contributed by atoms with E-state index in [0.29, 0.717) is 28.6 Å². The van der Waals surface area contributed by atoms with Gasteiger partial charge in [-0.05, 0) is 55.3 Å². The van der Waals surface area contributed by atoms with E-state index in [4.69, 9.17) is 26.3 Å². The van der Waals surface area contributed by atoms with Crippen molar-refractivity contribution in [2.75, 3.05) is 14.2 Å². The summed E-state index contributed by atoms with van der Waals surface area (Å²) >= 11 is 6.22. The lowest BCUT2D eigenvalue weighted by Gasteiger charge is -2.25. The number of benzene rings is 2. The van der Waals surface area contributed by atoms with Crippen molar-refractivity contribution in [1.82, 2.24) is 4.90 Å². The van der Waals surface area contributed by atoms with E-state index in [-0.39, 0.29) is 11.9 Å². The Hall–Kier alpha value is -2.97. The van der Waals surface area contributed by atoms with Gasteiger partial charge in [0.15, 0.2) is 11.5 Å². The van der Waals surface area contributed by atoms with Crippen LogP contribution in [0.2, 0.25) is 5.02 Å². The summed E-state index contributed by atoms with van der Waals surface area (Å²) in [5.41, 5.74) is 2.29. The van der Waals surface area contributed by atoms with Gasteiger partial charge in [0.25, 0.3) is 0 Å². The lowest BCUT2D eigenvalue weighted by Crippen LogP contribution is -2.35. The first kappa shape index (κ1) is 21.3. The van der Waals surface area contributed by atoms with Crippen molar-refractivity contribution in [3.63, 3.8) is 0 Å². The van der Waals surface area contributed by atoms with E-state index in [1.807, 2.05) is 26.0 Å². The molecule has 0 aliphatic carbocycles. The smallest absolute Gasteiger partial charge is 0.247 e. The molecule has 1 amide bonds. The Bertz CT molecular complexity index is 899. The van der Waals surface area contributed by atoms with Crippen LogP contribution in [0.15, 0.2) is 42.5 Å². The standard InChI is InChI=1S/C22H23ClN2O3/c1-15(2)25(14-17-7-5-16(13-24)6-8-17)21(26)10-9-18-11-19(23)22(28-4)20(12-18)27-3/h5-12,15H,14H2,1-4H3/b10-9+. The van der Waals surface area contributed by atoms with Crippen molar-refractivity contribution < 1.29 is 14.3 Å². The molecule has 2 aromatic carbocycles. The molecule has 0 aliphatic heterocycles. The predicted molar refractivity (Wildman–Crippen MR) is 110 cm³/mol. The van der Waals surface area contributed by atoms with Crippen LogP contribution in [-0.4, -0.2) is 31.1 Å². The summed E-state index contributed by atoms with van der Waals surface area (Å²) in [6, 6.07) is 12.8. The van der Waals surface area contributed by atoms with Crippen molar-refractivity contribution in [1.29, 1.82) is 5.26 Å². The molecule has 0 unspecified atom stereocenters. The molecule has 0 N–H and O–H groups in total. The van der Waals surface area contributed by atoms with E-state index in [9.17, 15) is 4.79 Å². The highest BCUT2D eigenvalue weighted by Gasteiger charge is 2.15. The van der Waals surface area contributed by atoms with Gasteiger partial charge in [-0.3, -0.25) is 4.79 Å². The Kier molecular flexibility index (Phi) is 7.48. The highest BCUT2D eigenvalue weighted by Crippen LogP contribution is 2.36. The van der Waals surface area contributed by atoms with Gasteiger partial charge in [-0.15, -0.1) is 0 Å². The number of nitrogens with zero attached hydrogens (tertiary/aromatic N) is 2. The van der Waals surface area contributed by atoms with Crippen LogP contribution in [0.3, 0.4) is 0 Å². The van der Waals surface area contributed by atoms with Crippen LogP contribution >= 0.6 is 11.6 Å². The van der Waals surface area contributed by atoms with Gasteiger partial charge in [0.2, 0.25) is 5.91 Å². The summed E-state index contributed by atoms with van der Waals surface area (Å²) in [7, 11) is 3.05. The third-order valence-corrected chi connectivity index (χ3v) is 4.50. The van der Waals surface area contributed by atoms with Gasteiger partial charge < -0.3 is 14.4 Å². The zero-order valence-electron chi connectivity index (χ0n) is 16.4. The number of carbonyl (C=O) groups is 1. The van der Waals surface area contributed by atoms with Crippen molar-refractivity contribution in [3.8, 4) is 17.6 Å². The molecular weight excluding hydrogens is 376 g/mol. The van der Waals surface area contributed by atoms with Crippen LogP contribution in [0.4, 0.5) is 0 Å². The van der Waals surface area contributed by atoms with Gasteiger partial charge in [0.05, 0.1) is 30.9 Å². The summed E-state index contributed by atoms with van der Waals surface area (Å²) in [6.45, 7) is 4.38. The second kappa shape index (κ2) is 9.82. The summed E-state index contributed by atoms with van der Waals surface area (Å²) < 4.78 is 10.5. The topological polar surface area (TPSA) is 62.6 Å². The van der Waals surface area contributed by atoms with Gasteiger partial charge in [-0.2, -0.15) is 5.26 Å². The molecule has 0 fully saturated rings. The van der Waals surface area contributed by atoms with Gasteiger partial charge in [-0.25, -0.2) is 0 Å². The molecule has 0 saturated carbocycles. The van der Waals surface area contributed by atoms with Gasteiger partial charge >= 0.3 is 0 Å². The summed E-state index contributed by atoms with van der Waals surface area (Å²) in [5, 5.41) is 9.31. The lowest BCUT2D eigenvalue weighted by atomic mass is 10.1.